The lowest BCUT2D eigenvalue weighted by Crippen LogP contribution is -2.27. The zero-order valence-electron chi connectivity index (χ0n) is 16.8. The van der Waals surface area contributed by atoms with Crippen LogP contribution in [0.3, 0.4) is 0 Å². The standard InChI is InChI=1S/C24H22Cl2N2O2S/c25-16-10-11-17(19(26)14-16)22(29)28-24-21(18-8-4-5-9-20(18)31-24)23(30)27-13-12-15-6-2-1-3-7-15/h1-3,6-7,10-11,14H,4-5,8-9,12-13H2,(H,27,30)(H,28,29). The fourth-order valence-corrected chi connectivity index (χ4v) is 5.57. The Balaban J connectivity index is 1.54. The molecule has 0 saturated heterocycles. The first-order valence-electron chi connectivity index (χ1n) is 10.3. The van der Waals surface area contributed by atoms with E-state index in [-0.39, 0.29) is 16.8 Å². The molecule has 4 nitrogen and oxygen atoms in total. The number of benzene rings is 2. The number of halogens is 2. The number of hydrogen-bond donors (Lipinski definition) is 2. The average Bonchev–Trinajstić information content (AvgIpc) is 3.12. The molecule has 0 fully saturated rings. The number of hydrogen-bond acceptors (Lipinski definition) is 3. The summed E-state index contributed by atoms with van der Waals surface area (Å²) in [6.45, 7) is 0.532. The van der Waals surface area contributed by atoms with Gasteiger partial charge in [0.15, 0.2) is 0 Å². The minimum atomic E-state index is -0.349. The lowest BCUT2D eigenvalue weighted by atomic mass is 9.95. The molecule has 0 spiro atoms. The van der Waals surface area contributed by atoms with E-state index in [0.29, 0.717) is 27.7 Å². The normalized spacial score (nSPS) is 12.8. The van der Waals surface area contributed by atoms with Crippen molar-refractivity contribution in [3.05, 3.63) is 85.7 Å². The molecule has 1 aromatic heterocycles. The molecular formula is C24H22Cl2N2O2S. The average molecular weight is 473 g/mol. The van der Waals surface area contributed by atoms with E-state index in [1.54, 1.807) is 12.1 Å². The molecule has 0 unspecified atom stereocenters. The largest absolute Gasteiger partial charge is 0.352 e. The molecule has 2 amide bonds. The first-order valence-corrected chi connectivity index (χ1v) is 11.8. The van der Waals surface area contributed by atoms with Gasteiger partial charge in [0.05, 0.1) is 16.1 Å². The predicted octanol–water partition coefficient (Wildman–Crippen LogP) is 6.16. The zero-order chi connectivity index (χ0) is 21.8. The Morgan fingerprint density at radius 2 is 1.74 bits per heavy atom. The third-order valence-corrected chi connectivity index (χ3v) is 7.10. The summed E-state index contributed by atoms with van der Waals surface area (Å²) in [4.78, 5) is 27.2. The Kier molecular flexibility index (Phi) is 6.96. The molecular weight excluding hydrogens is 451 g/mol. The molecule has 2 N–H and O–H groups in total. The lowest BCUT2D eigenvalue weighted by Gasteiger charge is -2.13. The summed E-state index contributed by atoms with van der Waals surface area (Å²) < 4.78 is 0. The molecule has 4 rings (SSSR count). The quantitative estimate of drug-likeness (QED) is 0.451. The van der Waals surface area contributed by atoms with E-state index in [1.165, 1.54) is 27.8 Å². The lowest BCUT2D eigenvalue weighted by molar-refractivity contribution is 0.0954. The second-order valence-corrected chi connectivity index (χ2v) is 9.43. The van der Waals surface area contributed by atoms with Crippen molar-refractivity contribution in [3.8, 4) is 0 Å². The number of amides is 2. The molecule has 0 radical (unpaired) electrons. The van der Waals surface area contributed by atoms with E-state index in [2.05, 4.69) is 10.6 Å². The number of carbonyl (C=O) groups is 2. The number of rotatable bonds is 6. The fraction of sp³-hybridized carbons (Fsp3) is 0.250. The second kappa shape index (κ2) is 9.86. The highest BCUT2D eigenvalue weighted by molar-refractivity contribution is 7.17. The Hall–Kier alpha value is -2.34. The van der Waals surface area contributed by atoms with Crippen molar-refractivity contribution in [2.24, 2.45) is 0 Å². The Bertz CT molecular complexity index is 1110. The molecule has 0 bridgehead atoms. The van der Waals surface area contributed by atoms with Crippen LogP contribution in [0, 0.1) is 0 Å². The third kappa shape index (κ3) is 5.12. The van der Waals surface area contributed by atoms with Crippen LogP contribution in [0.4, 0.5) is 5.00 Å². The van der Waals surface area contributed by atoms with E-state index in [0.717, 1.165) is 37.7 Å². The number of fused-ring (bicyclic) bond motifs is 1. The second-order valence-electron chi connectivity index (χ2n) is 7.48. The molecule has 1 heterocycles. The topological polar surface area (TPSA) is 58.2 Å². The van der Waals surface area contributed by atoms with Crippen molar-refractivity contribution in [2.75, 3.05) is 11.9 Å². The number of nitrogens with one attached hydrogen (secondary N) is 2. The molecule has 31 heavy (non-hydrogen) atoms. The van der Waals surface area contributed by atoms with E-state index in [4.69, 9.17) is 23.2 Å². The van der Waals surface area contributed by atoms with Crippen molar-refractivity contribution in [2.45, 2.75) is 32.1 Å². The van der Waals surface area contributed by atoms with Crippen molar-refractivity contribution in [1.82, 2.24) is 5.32 Å². The van der Waals surface area contributed by atoms with E-state index in [9.17, 15) is 9.59 Å². The predicted molar refractivity (Wildman–Crippen MR) is 128 cm³/mol. The maximum absolute atomic E-state index is 13.1. The fourth-order valence-electron chi connectivity index (χ4n) is 3.79. The molecule has 3 aromatic rings. The van der Waals surface area contributed by atoms with Gasteiger partial charge in [-0.1, -0.05) is 53.5 Å². The van der Waals surface area contributed by atoms with E-state index >= 15 is 0 Å². The first kappa shape index (κ1) is 21.9. The van der Waals surface area contributed by atoms with Crippen LogP contribution in [-0.2, 0) is 19.3 Å². The summed E-state index contributed by atoms with van der Waals surface area (Å²) >= 11 is 13.6. The summed E-state index contributed by atoms with van der Waals surface area (Å²) in [6.07, 6.45) is 4.68. The summed E-state index contributed by atoms with van der Waals surface area (Å²) in [5.74, 6) is -0.494. The Labute approximate surface area is 195 Å². The number of thiophene rings is 1. The highest BCUT2D eigenvalue weighted by Gasteiger charge is 2.26. The molecule has 1 aliphatic carbocycles. The molecule has 0 aliphatic heterocycles. The molecule has 1 aliphatic rings. The van der Waals surface area contributed by atoms with Crippen molar-refractivity contribution >= 4 is 51.4 Å². The highest BCUT2D eigenvalue weighted by atomic mass is 35.5. The molecule has 0 atom stereocenters. The summed E-state index contributed by atoms with van der Waals surface area (Å²) in [7, 11) is 0. The Morgan fingerprint density at radius 1 is 0.968 bits per heavy atom. The van der Waals surface area contributed by atoms with Gasteiger partial charge in [0.1, 0.15) is 5.00 Å². The molecule has 160 valence electrons. The summed E-state index contributed by atoms with van der Waals surface area (Å²) in [5.41, 5.74) is 3.14. The molecule has 2 aromatic carbocycles. The first-order chi connectivity index (χ1) is 15.0. The molecule has 0 saturated carbocycles. The van der Waals surface area contributed by atoms with Gasteiger partial charge < -0.3 is 10.6 Å². The zero-order valence-corrected chi connectivity index (χ0v) is 19.2. The van der Waals surface area contributed by atoms with Gasteiger partial charge in [-0.15, -0.1) is 11.3 Å². The van der Waals surface area contributed by atoms with Crippen molar-refractivity contribution in [1.29, 1.82) is 0 Å². The van der Waals surface area contributed by atoms with E-state index in [1.807, 2.05) is 30.3 Å². The van der Waals surface area contributed by atoms with Gasteiger partial charge in [0, 0.05) is 16.4 Å². The maximum atomic E-state index is 13.1. The van der Waals surface area contributed by atoms with Crippen LogP contribution in [0.2, 0.25) is 10.0 Å². The Morgan fingerprint density at radius 3 is 2.52 bits per heavy atom. The van der Waals surface area contributed by atoms with Gasteiger partial charge in [0.2, 0.25) is 0 Å². The van der Waals surface area contributed by atoms with Crippen LogP contribution in [0.15, 0.2) is 48.5 Å². The number of aryl methyl sites for hydroxylation is 1. The van der Waals surface area contributed by atoms with Gasteiger partial charge in [-0.25, -0.2) is 0 Å². The van der Waals surface area contributed by atoms with Crippen LogP contribution in [-0.4, -0.2) is 18.4 Å². The van der Waals surface area contributed by atoms with Crippen molar-refractivity contribution < 1.29 is 9.59 Å². The minimum Gasteiger partial charge on any atom is -0.352 e. The minimum absolute atomic E-state index is 0.146. The SMILES string of the molecule is O=C(Nc1sc2c(c1C(=O)NCCc1ccccc1)CCCC2)c1ccc(Cl)cc1Cl. The monoisotopic (exact) mass is 472 g/mol. The van der Waals surface area contributed by atoms with Crippen LogP contribution in [0.25, 0.3) is 0 Å². The smallest absolute Gasteiger partial charge is 0.257 e. The maximum Gasteiger partial charge on any atom is 0.257 e. The van der Waals surface area contributed by atoms with Gasteiger partial charge in [0.25, 0.3) is 11.8 Å². The number of carbonyl (C=O) groups excluding carboxylic acids is 2. The van der Waals surface area contributed by atoms with Gasteiger partial charge in [-0.05, 0) is 61.4 Å². The van der Waals surface area contributed by atoms with Gasteiger partial charge in [-0.3, -0.25) is 9.59 Å². The number of anilines is 1. The molecule has 7 heteroatoms. The summed E-state index contributed by atoms with van der Waals surface area (Å²) in [6, 6.07) is 14.8. The highest BCUT2D eigenvalue weighted by Crippen LogP contribution is 2.38. The van der Waals surface area contributed by atoms with Crippen LogP contribution in [0.5, 0.6) is 0 Å². The van der Waals surface area contributed by atoms with E-state index < -0.39 is 0 Å². The van der Waals surface area contributed by atoms with Crippen LogP contribution >= 0.6 is 34.5 Å². The third-order valence-electron chi connectivity index (χ3n) is 5.34. The van der Waals surface area contributed by atoms with Crippen LogP contribution < -0.4 is 10.6 Å². The van der Waals surface area contributed by atoms with Crippen molar-refractivity contribution in [3.63, 3.8) is 0 Å². The van der Waals surface area contributed by atoms with Crippen LogP contribution in [0.1, 0.15) is 49.6 Å². The summed E-state index contributed by atoms with van der Waals surface area (Å²) in [5, 5.41) is 7.28. The van der Waals surface area contributed by atoms with Gasteiger partial charge >= 0.3 is 0 Å². The van der Waals surface area contributed by atoms with Gasteiger partial charge in [-0.2, -0.15) is 0 Å².